The minimum atomic E-state index is 0.662. The van der Waals surface area contributed by atoms with Crippen molar-refractivity contribution in [3.8, 4) is 0 Å². The van der Waals surface area contributed by atoms with Gasteiger partial charge in [-0.3, -0.25) is 4.90 Å². The standard InChI is InChI=1S/C13H30N2O/c1-5-9-13(12-14-6-2)15(7-3)10-11-16-8-4/h13-14H,5-12H2,1-4H3. The third-order valence-electron chi connectivity index (χ3n) is 2.90. The summed E-state index contributed by atoms with van der Waals surface area (Å²) < 4.78 is 5.44. The van der Waals surface area contributed by atoms with E-state index in [1.54, 1.807) is 0 Å². The van der Waals surface area contributed by atoms with Gasteiger partial charge in [0.1, 0.15) is 0 Å². The maximum atomic E-state index is 5.44. The van der Waals surface area contributed by atoms with E-state index in [-0.39, 0.29) is 0 Å². The van der Waals surface area contributed by atoms with Gasteiger partial charge >= 0.3 is 0 Å². The molecule has 98 valence electrons. The van der Waals surface area contributed by atoms with Crippen molar-refractivity contribution in [3.05, 3.63) is 0 Å². The molecule has 0 rings (SSSR count). The van der Waals surface area contributed by atoms with E-state index in [0.717, 1.165) is 39.4 Å². The van der Waals surface area contributed by atoms with Gasteiger partial charge in [0.15, 0.2) is 0 Å². The number of nitrogens with one attached hydrogen (secondary N) is 1. The highest BCUT2D eigenvalue weighted by Crippen LogP contribution is 2.06. The van der Waals surface area contributed by atoms with Crippen LogP contribution >= 0.6 is 0 Å². The first-order valence-electron chi connectivity index (χ1n) is 6.82. The lowest BCUT2D eigenvalue weighted by atomic mass is 10.1. The first kappa shape index (κ1) is 15.9. The molecule has 0 aliphatic rings. The number of likely N-dealkylation sites (N-methyl/N-ethyl adjacent to an activating group) is 2. The minimum Gasteiger partial charge on any atom is -0.380 e. The molecule has 0 aromatic heterocycles. The van der Waals surface area contributed by atoms with E-state index >= 15 is 0 Å². The van der Waals surface area contributed by atoms with E-state index in [0.29, 0.717) is 6.04 Å². The lowest BCUT2D eigenvalue weighted by Crippen LogP contribution is -2.43. The third kappa shape index (κ3) is 7.20. The molecule has 0 saturated heterocycles. The molecule has 1 unspecified atom stereocenters. The lowest BCUT2D eigenvalue weighted by molar-refractivity contribution is 0.0936. The largest absolute Gasteiger partial charge is 0.380 e. The average molecular weight is 230 g/mol. The van der Waals surface area contributed by atoms with Gasteiger partial charge in [0.2, 0.25) is 0 Å². The van der Waals surface area contributed by atoms with Crippen molar-refractivity contribution in [3.63, 3.8) is 0 Å². The molecule has 1 N–H and O–H groups in total. The molecule has 0 radical (unpaired) electrons. The summed E-state index contributed by atoms with van der Waals surface area (Å²) in [6.07, 6.45) is 2.52. The Bertz CT molecular complexity index is 142. The molecule has 0 amide bonds. The monoisotopic (exact) mass is 230 g/mol. The van der Waals surface area contributed by atoms with Gasteiger partial charge in [-0.1, -0.05) is 27.2 Å². The molecule has 0 spiro atoms. The normalized spacial score (nSPS) is 13.3. The van der Waals surface area contributed by atoms with Crippen molar-refractivity contribution in [2.24, 2.45) is 0 Å². The fourth-order valence-corrected chi connectivity index (χ4v) is 1.98. The van der Waals surface area contributed by atoms with E-state index < -0.39 is 0 Å². The average Bonchev–Trinajstić information content (AvgIpc) is 2.31. The van der Waals surface area contributed by atoms with E-state index in [2.05, 4.69) is 37.9 Å². The predicted octanol–water partition coefficient (Wildman–Crippen LogP) is 2.12. The van der Waals surface area contributed by atoms with Gasteiger partial charge in [-0.05, 0) is 26.4 Å². The van der Waals surface area contributed by atoms with Crippen molar-refractivity contribution in [2.45, 2.75) is 46.6 Å². The van der Waals surface area contributed by atoms with Crippen LogP contribution in [0.3, 0.4) is 0 Å². The number of ether oxygens (including phenoxy) is 1. The zero-order valence-electron chi connectivity index (χ0n) is 11.6. The van der Waals surface area contributed by atoms with Gasteiger partial charge in [-0.2, -0.15) is 0 Å². The number of hydrogen-bond acceptors (Lipinski definition) is 3. The van der Waals surface area contributed by atoms with Crippen LogP contribution in [0.5, 0.6) is 0 Å². The first-order chi connectivity index (χ1) is 7.79. The summed E-state index contributed by atoms with van der Waals surface area (Å²) in [5.41, 5.74) is 0. The topological polar surface area (TPSA) is 24.5 Å². The second kappa shape index (κ2) is 11.4. The Morgan fingerprint density at radius 1 is 1.19 bits per heavy atom. The van der Waals surface area contributed by atoms with Crippen LogP contribution in [-0.4, -0.2) is 50.3 Å². The zero-order chi connectivity index (χ0) is 12.2. The molecule has 16 heavy (non-hydrogen) atoms. The van der Waals surface area contributed by atoms with Crippen LogP contribution in [0.2, 0.25) is 0 Å². The van der Waals surface area contributed by atoms with Crippen molar-refractivity contribution in [2.75, 3.05) is 39.4 Å². The highest BCUT2D eigenvalue weighted by atomic mass is 16.5. The molecule has 0 aliphatic heterocycles. The summed E-state index contributed by atoms with van der Waals surface area (Å²) >= 11 is 0. The fraction of sp³-hybridized carbons (Fsp3) is 1.00. The molecule has 0 aromatic rings. The van der Waals surface area contributed by atoms with E-state index in [1.165, 1.54) is 12.8 Å². The van der Waals surface area contributed by atoms with Gasteiger partial charge in [0.25, 0.3) is 0 Å². The maximum Gasteiger partial charge on any atom is 0.0593 e. The number of rotatable bonds is 11. The van der Waals surface area contributed by atoms with Crippen LogP contribution in [-0.2, 0) is 4.74 Å². The van der Waals surface area contributed by atoms with E-state index in [4.69, 9.17) is 4.74 Å². The molecule has 0 fully saturated rings. The third-order valence-corrected chi connectivity index (χ3v) is 2.90. The molecule has 0 saturated carbocycles. The molecule has 3 nitrogen and oxygen atoms in total. The summed E-state index contributed by atoms with van der Waals surface area (Å²) in [5.74, 6) is 0. The Kier molecular flexibility index (Phi) is 11.3. The summed E-state index contributed by atoms with van der Waals surface area (Å²) in [5, 5.41) is 3.46. The van der Waals surface area contributed by atoms with Gasteiger partial charge in [0, 0.05) is 25.7 Å². The Morgan fingerprint density at radius 3 is 2.44 bits per heavy atom. The van der Waals surface area contributed by atoms with Gasteiger partial charge in [-0.15, -0.1) is 0 Å². The Balaban J connectivity index is 3.99. The Morgan fingerprint density at radius 2 is 1.94 bits per heavy atom. The fourth-order valence-electron chi connectivity index (χ4n) is 1.98. The first-order valence-corrected chi connectivity index (χ1v) is 6.82. The quantitative estimate of drug-likeness (QED) is 0.550. The summed E-state index contributed by atoms with van der Waals surface area (Å²) in [6.45, 7) is 14.7. The molecular formula is C13H30N2O. The summed E-state index contributed by atoms with van der Waals surface area (Å²) in [6, 6.07) is 0.662. The van der Waals surface area contributed by atoms with Crippen LogP contribution in [0.4, 0.5) is 0 Å². The highest BCUT2D eigenvalue weighted by Gasteiger charge is 2.15. The lowest BCUT2D eigenvalue weighted by Gasteiger charge is -2.30. The molecular weight excluding hydrogens is 200 g/mol. The van der Waals surface area contributed by atoms with Gasteiger partial charge in [0.05, 0.1) is 6.61 Å². The maximum absolute atomic E-state index is 5.44. The number of nitrogens with zero attached hydrogens (tertiary/aromatic N) is 1. The molecule has 3 heteroatoms. The molecule has 0 aromatic carbocycles. The molecule has 0 bridgehead atoms. The summed E-state index contributed by atoms with van der Waals surface area (Å²) in [7, 11) is 0. The second-order valence-corrected chi connectivity index (χ2v) is 4.08. The molecule has 1 atom stereocenters. The van der Waals surface area contributed by atoms with Crippen LogP contribution in [0.25, 0.3) is 0 Å². The van der Waals surface area contributed by atoms with Crippen molar-refractivity contribution in [1.82, 2.24) is 10.2 Å². The number of hydrogen-bond donors (Lipinski definition) is 1. The van der Waals surface area contributed by atoms with Gasteiger partial charge in [-0.25, -0.2) is 0 Å². The SMILES string of the molecule is CCCC(CNCC)N(CC)CCOCC. The molecule has 0 heterocycles. The Hall–Kier alpha value is -0.120. The zero-order valence-corrected chi connectivity index (χ0v) is 11.6. The predicted molar refractivity (Wildman–Crippen MR) is 71.0 cm³/mol. The minimum absolute atomic E-state index is 0.662. The second-order valence-electron chi connectivity index (χ2n) is 4.08. The highest BCUT2D eigenvalue weighted by molar-refractivity contribution is 4.72. The van der Waals surface area contributed by atoms with Crippen LogP contribution < -0.4 is 5.32 Å². The van der Waals surface area contributed by atoms with Crippen LogP contribution in [0.15, 0.2) is 0 Å². The van der Waals surface area contributed by atoms with E-state index in [9.17, 15) is 0 Å². The van der Waals surface area contributed by atoms with Gasteiger partial charge < -0.3 is 10.1 Å². The van der Waals surface area contributed by atoms with Crippen LogP contribution in [0, 0.1) is 0 Å². The van der Waals surface area contributed by atoms with Crippen molar-refractivity contribution in [1.29, 1.82) is 0 Å². The van der Waals surface area contributed by atoms with Crippen molar-refractivity contribution >= 4 is 0 Å². The molecule has 0 aliphatic carbocycles. The Labute approximate surface area is 102 Å². The van der Waals surface area contributed by atoms with E-state index in [1.807, 2.05) is 0 Å². The van der Waals surface area contributed by atoms with Crippen LogP contribution in [0.1, 0.15) is 40.5 Å². The summed E-state index contributed by atoms with van der Waals surface area (Å²) in [4.78, 5) is 2.53. The van der Waals surface area contributed by atoms with Crippen molar-refractivity contribution < 1.29 is 4.74 Å². The smallest absolute Gasteiger partial charge is 0.0593 e.